The van der Waals surface area contributed by atoms with Crippen molar-refractivity contribution in [2.75, 3.05) is 19.6 Å². The van der Waals surface area contributed by atoms with Gasteiger partial charge < -0.3 is 9.64 Å². The number of pyridine rings is 1. The Balaban J connectivity index is 1.90. The predicted molar refractivity (Wildman–Crippen MR) is 77.5 cm³/mol. The largest absolute Gasteiger partial charge is 0.444 e. The fourth-order valence-corrected chi connectivity index (χ4v) is 2.07. The number of aromatic nitrogens is 1. The molecule has 0 unspecified atom stereocenters. The van der Waals surface area contributed by atoms with Gasteiger partial charge in [0.05, 0.1) is 0 Å². The Bertz CT molecular complexity index is 511. The van der Waals surface area contributed by atoms with Gasteiger partial charge in [-0.2, -0.15) is 0 Å². The summed E-state index contributed by atoms with van der Waals surface area (Å²) < 4.78 is 5.29. The van der Waals surface area contributed by atoms with Gasteiger partial charge in [0.1, 0.15) is 12.1 Å². The second kappa shape index (κ2) is 6.11. The standard InChI is InChI=1S/C15H21N3O3/c1-15(2,3)21-14(20)18-9-8-17(13(19)11-18)10-12-4-6-16-7-5-12/h4-7H,8-11H2,1-3H3. The van der Waals surface area contributed by atoms with E-state index in [0.29, 0.717) is 19.6 Å². The van der Waals surface area contributed by atoms with E-state index in [0.717, 1.165) is 5.56 Å². The van der Waals surface area contributed by atoms with Crippen LogP contribution in [0.1, 0.15) is 26.3 Å². The molecule has 21 heavy (non-hydrogen) atoms. The van der Waals surface area contributed by atoms with Crippen LogP contribution in [0.5, 0.6) is 0 Å². The van der Waals surface area contributed by atoms with Crippen LogP contribution in [-0.4, -0.2) is 52.0 Å². The smallest absolute Gasteiger partial charge is 0.410 e. The highest BCUT2D eigenvalue weighted by atomic mass is 16.6. The van der Waals surface area contributed by atoms with Gasteiger partial charge in [-0.25, -0.2) is 4.79 Å². The van der Waals surface area contributed by atoms with Crippen molar-refractivity contribution in [1.29, 1.82) is 0 Å². The fraction of sp³-hybridized carbons (Fsp3) is 0.533. The van der Waals surface area contributed by atoms with Crippen LogP contribution in [0.2, 0.25) is 0 Å². The van der Waals surface area contributed by atoms with Crippen molar-refractivity contribution in [1.82, 2.24) is 14.8 Å². The summed E-state index contributed by atoms with van der Waals surface area (Å²) in [6.45, 7) is 7.06. The number of nitrogens with zero attached hydrogens (tertiary/aromatic N) is 3. The molecule has 0 spiro atoms. The molecule has 2 amide bonds. The first kappa shape index (κ1) is 15.3. The molecule has 0 saturated carbocycles. The zero-order chi connectivity index (χ0) is 15.5. The van der Waals surface area contributed by atoms with Crippen LogP contribution in [0.15, 0.2) is 24.5 Å². The topological polar surface area (TPSA) is 62.7 Å². The summed E-state index contributed by atoms with van der Waals surface area (Å²) in [5.41, 5.74) is 0.484. The summed E-state index contributed by atoms with van der Waals surface area (Å²) in [6.07, 6.45) is 2.98. The van der Waals surface area contributed by atoms with Crippen LogP contribution in [-0.2, 0) is 16.1 Å². The number of amides is 2. The third-order valence-corrected chi connectivity index (χ3v) is 3.09. The maximum atomic E-state index is 12.1. The van der Waals surface area contributed by atoms with E-state index in [9.17, 15) is 9.59 Å². The Morgan fingerprint density at radius 3 is 2.52 bits per heavy atom. The van der Waals surface area contributed by atoms with Crippen molar-refractivity contribution in [3.8, 4) is 0 Å². The van der Waals surface area contributed by atoms with Crippen LogP contribution in [0.3, 0.4) is 0 Å². The third-order valence-electron chi connectivity index (χ3n) is 3.09. The number of hydrogen-bond donors (Lipinski definition) is 0. The predicted octanol–water partition coefficient (Wildman–Crippen LogP) is 1.66. The first-order valence-electron chi connectivity index (χ1n) is 7.00. The Morgan fingerprint density at radius 1 is 1.29 bits per heavy atom. The van der Waals surface area contributed by atoms with Crippen LogP contribution < -0.4 is 0 Å². The minimum Gasteiger partial charge on any atom is -0.444 e. The highest BCUT2D eigenvalue weighted by molar-refractivity contribution is 5.83. The maximum Gasteiger partial charge on any atom is 0.410 e. The Morgan fingerprint density at radius 2 is 1.95 bits per heavy atom. The number of piperazine rings is 1. The summed E-state index contributed by atoms with van der Waals surface area (Å²) in [4.78, 5) is 31.2. The maximum absolute atomic E-state index is 12.1. The molecule has 1 saturated heterocycles. The molecule has 1 aromatic heterocycles. The van der Waals surface area contributed by atoms with Crippen LogP contribution in [0, 0.1) is 0 Å². The lowest BCUT2D eigenvalue weighted by Gasteiger charge is -2.35. The summed E-state index contributed by atoms with van der Waals surface area (Å²) in [5.74, 6) is -0.0658. The van der Waals surface area contributed by atoms with Crippen LogP contribution >= 0.6 is 0 Å². The quantitative estimate of drug-likeness (QED) is 0.831. The Labute approximate surface area is 124 Å². The minimum absolute atomic E-state index is 0.0658. The first-order chi connectivity index (χ1) is 9.85. The van der Waals surface area contributed by atoms with Gasteiger partial charge in [0.15, 0.2) is 0 Å². The van der Waals surface area contributed by atoms with Gasteiger partial charge in [0, 0.05) is 32.0 Å². The highest BCUT2D eigenvalue weighted by Crippen LogP contribution is 2.13. The van der Waals surface area contributed by atoms with E-state index in [1.807, 2.05) is 32.9 Å². The van der Waals surface area contributed by atoms with E-state index < -0.39 is 11.7 Å². The molecule has 1 aromatic rings. The zero-order valence-corrected chi connectivity index (χ0v) is 12.7. The molecule has 0 aromatic carbocycles. The van der Waals surface area contributed by atoms with E-state index in [4.69, 9.17) is 4.74 Å². The van der Waals surface area contributed by atoms with Gasteiger partial charge in [-0.15, -0.1) is 0 Å². The summed E-state index contributed by atoms with van der Waals surface area (Å²) in [5, 5.41) is 0. The monoisotopic (exact) mass is 291 g/mol. The lowest BCUT2D eigenvalue weighted by molar-refractivity contribution is -0.136. The van der Waals surface area contributed by atoms with E-state index in [1.54, 1.807) is 17.3 Å². The molecule has 0 aliphatic carbocycles. The minimum atomic E-state index is -0.547. The Hall–Kier alpha value is -2.11. The van der Waals surface area contributed by atoms with E-state index in [1.165, 1.54) is 4.90 Å². The Kier molecular flexibility index (Phi) is 4.45. The number of ether oxygens (including phenoxy) is 1. The summed E-state index contributed by atoms with van der Waals surface area (Å²) >= 11 is 0. The van der Waals surface area contributed by atoms with Crippen LogP contribution in [0.25, 0.3) is 0 Å². The molecule has 1 fully saturated rings. The van der Waals surface area contributed by atoms with Crippen molar-refractivity contribution >= 4 is 12.0 Å². The van der Waals surface area contributed by atoms with E-state index in [-0.39, 0.29) is 12.5 Å². The van der Waals surface area contributed by atoms with Gasteiger partial charge in [0.2, 0.25) is 5.91 Å². The number of carbonyl (C=O) groups excluding carboxylic acids is 2. The zero-order valence-electron chi connectivity index (χ0n) is 12.7. The molecule has 0 N–H and O–H groups in total. The van der Waals surface area contributed by atoms with Gasteiger partial charge >= 0.3 is 6.09 Å². The SMILES string of the molecule is CC(C)(C)OC(=O)N1CCN(Cc2ccncc2)C(=O)C1. The van der Waals surface area contributed by atoms with Gasteiger partial charge in [-0.3, -0.25) is 14.7 Å². The third kappa shape index (κ3) is 4.44. The fourth-order valence-electron chi connectivity index (χ4n) is 2.07. The molecule has 1 aliphatic rings. The normalized spacial score (nSPS) is 16.0. The molecule has 0 radical (unpaired) electrons. The number of carbonyl (C=O) groups is 2. The van der Waals surface area contributed by atoms with Gasteiger partial charge in [-0.05, 0) is 38.5 Å². The van der Waals surface area contributed by atoms with E-state index >= 15 is 0 Å². The van der Waals surface area contributed by atoms with Crippen molar-refractivity contribution in [3.63, 3.8) is 0 Å². The molecular formula is C15H21N3O3. The molecule has 1 aliphatic heterocycles. The lowest BCUT2D eigenvalue weighted by Crippen LogP contribution is -2.52. The average Bonchev–Trinajstić information content (AvgIpc) is 2.40. The van der Waals surface area contributed by atoms with E-state index in [2.05, 4.69) is 4.98 Å². The summed E-state index contributed by atoms with van der Waals surface area (Å²) in [7, 11) is 0. The second-order valence-corrected chi connectivity index (χ2v) is 6.07. The number of rotatable bonds is 2. The molecule has 0 atom stereocenters. The van der Waals surface area contributed by atoms with Crippen LogP contribution in [0.4, 0.5) is 4.79 Å². The molecule has 114 valence electrons. The highest BCUT2D eigenvalue weighted by Gasteiger charge is 2.30. The summed E-state index contributed by atoms with van der Waals surface area (Å²) in [6, 6.07) is 3.76. The molecule has 6 heteroatoms. The molecule has 2 rings (SSSR count). The second-order valence-electron chi connectivity index (χ2n) is 6.07. The molecular weight excluding hydrogens is 270 g/mol. The van der Waals surface area contributed by atoms with Crippen molar-refractivity contribution < 1.29 is 14.3 Å². The van der Waals surface area contributed by atoms with Gasteiger partial charge in [-0.1, -0.05) is 0 Å². The molecule has 0 bridgehead atoms. The molecule has 6 nitrogen and oxygen atoms in total. The lowest BCUT2D eigenvalue weighted by atomic mass is 10.2. The van der Waals surface area contributed by atoms with Gasteiger partial charge in [0.25, 0.3) is 0 Å². The number of hydrogen-bond acceptors (Lipinski definition) is 4. The first-order valence-corrected chi connectivity index (χ1v) is 7.00. The van der Waals surface area contributed by atoms with Crippen molar-refractivity contribution in [2.45, 2.75) is 32.9 Å². The average molecular weight is 291 g/mol. The van der Waals surface area contributed by atoms with Crippen molar-refractivity contribution in [3.05, 3.63) is 30.1 Å². The molecule has 2 heterocycles. The van der Waals surface area contributed by atoms with Crippen molar-refractivity contribution in [2.24, 2.45) is 0 Å².